The van der Waals surface area contributed by atoms with E-state index in [0.717, 1.165) is 31.6 Å². The van der Waals surface area contributed by atoms with Crippen LogP contribution < -0.4 is 10.1 Å². The van der Waals surface area contributed by atoms with Crippen LogP contribution in [0.3, 0.4) is 0 Å². The summed E-state index contributed by atoms with van der Waals surface area (Å²) in [7, 11) is 0. The van der Waals surface area contributed by atoms with Crippen LogP contribution in [0.4, 0.5) is 0 Å². The van der Waals surface area contributed by atoms with E-state index in [-0.39, 0.29) is 0 Å². The van der Waals surface area contributed by atoms with Crippen molar-refractivity contribution in [3.8, 4) is 11.8 Å². The molecule has 1 atom stereocenters. The first-order valence-electron chi connectivity index (χ1n) is 7.90. The van der Waals surface area contributed by atoms with Crippen LogP contribution in [0.2, 0.25) is 0 Å². The average Bonchev–Trinajstić information content (AvgIpc) is 2.50. The first-order valence-corrected chi connectivity index (χ1v) is 7.90. The van der Waals surface area contributed by atoms with Gasteiger partial charge in [-0.15, -0.1) is 0 Å². The molecule has 3 heteroatoms. The van der Waals surface area contributed by atoms with E-state index in [9.17, 15) is 5.26 Å². The zero-order valence-electron chi connectivity index (χ0n) is 13.8. The first-order chi connectivity index (χ1) is 10.0. The van der Waals surface area contributed by atoms with Crippen LogP contribution in [0.15, 0.2) is 24.3 Å². The highest BCUT2D eigenvalue weighted by Gasteiger charge is 2.21. The van der Waals surface area contributed by atoms with Gasteiger partial charge in [0.25, 0.3) is 0 Å². The molecule has 0 fully saturated rings. The third-order valence-corrected chi connectivity index (χ3v) is 3.63. The van der Waals surface area contributed by atoms with E-state index in [1.807, 2.05) is 19.1 Å². The lowest BCUT2D eigenvalue weighted by molar-refractivity contribution is 0.285. The van der Waals surface area contributed by atoms with E-state index in [4.69, 9.17) is 4.74 Å². The molecule has 0 aliphatic heterocycles. The molecule has 0 aliphatic carbocycles. The molecule has 0 aromatic heterocycles. The van der Waals surface area contributed by atoms with E-state index in [1.54, 1.807) is 0 Å². The number of ether oxygens (including phenoxy) is 1. The Morgan fingerprint density at radius 3 is 2.76 bits per heavy atom. The molecule has 21 heavy (non-hydrogen) atoms. The van der Waals surface area contributed by atoms with Crippen molar-refractivity contribution >= 4 is 0 Å². The number of nitrogens with zero attached hydrogens (tertiary/aromatic N) is 1. The Hall–Kier alpha value is -1.53. The van der Waals surface area contributed by atoms with Gasteiger partial charge in [0.15, 0.2) is 0 Å². The van der Waals surface area contributed by atoms with Gasteiger partial charge < -0.3 is 4.74 Å². The van der Waals surface area contributed by atoms with Gasteiger partial charge in [-0.2, -0.15) is 5.26 Å². The predicted molar refractivity (Wildman–Crippen MR) is 87.6 cm³/mol. The molecule has 1 aromatic carbocycles. The summed E-state index contributed by atoms with van der Waals surface area (Å²) in [6.07, 6.45) is 2.70. The lowest BCUT2D eigenvalue weighted by Gasteiger charge is -2.23. The summed E-state index contributed by atoms with van der Waals surface area (Å²) in [6, 6.07) is 10.6. The number of nitriles is 1. The van der Waals surface area contributed by atoms with Gasteiger partial charge in [0.2, 0.25) is 0 Å². The topological polar surface area (TPSA) is 45.0 Å². The van der Waals surface area contributed by atoms with E-state index >= 15 is 0 Å². The molecule has 0 saturated carbocycles. The van der Waals surface area contributed by atoms with E-state index in [0.29, 0.717) is 12.5 Å². The quantitative estimate of drug-likeness (QED) is 0.691. The maximum atomic E-state index is 9.27. The molecule has 1 N–H and O–H groups in total. The molecule has 1 aromatic rings. The Balaban J connectivity index is 2.40. The smallest absolute Gasteiger partial charge is 0.119 e. The third kappa shape index (κ3) is 6.18. The second-order valence-corrected chi connectivity index (χ2v) is 6.05. The van der Waals surface area contributed by atoms with Gasteiger partial charge in [-0.25, -0.2) is 0 Å². The van der Waals surface area contributed by atoms with Crippen molar-refractivity contribution in [2.24, 2.45) is 0 Å². The molecule has 0 amide bonds. The molecule has 0 heterocycles. The fourth-order valence-corrected chi connectivity index (χ4v) is 2.16. The van der Waals surface area contributed by atoms with Gasteiger partial charge in [0, 0.05) is 0 Å². The monoisotopic (exact) mass is 288 g/mol. The predicted octanol–water partition coefficient (Wildman–Crippen LogP) is 4.25. The average molecular weight is 288 g/mol. The van der Waals surface area contributed by atoms with Gasteiger partial charge in [-0.1, -0.05) is 32.9 Å². The minimum atomic E-state index is -0.445. The normalized spacial score (nSPS) is 13.7. The Morgan fingerprint density at radius 2 is 2.14 bits per heavy atom. The van der Waals surface area contributed by atoms with Crippen LogP contribution in [0.5, 0.6) is 5.75 Å². The largest absolute Gasteiger partial charge is 0.494 e. The molecular formula is C18H28N2O. The Morgan fingerprint density at radius 1 is 1.38 bits per heavy atom. The highest BCUT2D eigenvalue weighted by molar-refractivity contribution is 5.30. The highest BCUT2D eigenvalue weighted by Crippen LogP contribution is 2.20. The SMILES string of the molecule is CCCNC(C)(C#N)CCCOc1cccc(C(C)C)c1. The minimum absolute atomic E-state index is 0.445. The zero-order chi connectivity index (χ0) is 15.7. The molecule has 1 unspecified atom stereocenters. The standard InChI is InChI=1S/C18H28N2O/c1-5-11-20-18(4,14-19)10-7-12-21-17-9-6-8-16(13-17)15(2)3/h6,8-9,13,15,20H,5,7,10-12H2,1-4H3. The second kappa shape index (κ2) is 8.69. The Bertz CT molecular complexity index is 465. The van der Waals surface area contributed by atoms with Crippen LogP contribution in [0.25, 0.3) is 0 Å². The Kier molecular flexibility index (Phi) is 7.25. The molecule has 0 radical (unpaired) electrons. The Labute approximate surface area is 129 Å². The van der Waals surface area contributed by atoms with Crippen molar-refractivity contribution in [3.05, 3.63) is 29.8 Å². The molecule has 0 bridgehead atoms. The molecule has 0 aliphatic rings. The number of rotatable bonds is 9. The molecule has 3 nitrogen and oxygen atoms in total. The van der Waals surface area contributed by atoms with Gasteiger partial charge in [0.05, 0.1) is 12.7 Å². The van der Waals surface area contributed by atoms with Gasteiger partial charge >= 0.3 is 0 Å². The van der Waals surface area contributed by atoms with Crippen LogP contribution in [-0.4, -0.2) is 18.7 Å². The van der Waals surface area contributed by atoms with Crippen molar-refractivity contribution in [1.29, 1.82) is 5.26 Å². The van der Waals surface area contributed by atoms with E-state index < -0.39 is 5.54 Å². The van der Waals surface area contributed by atoms with Crippen LogP contribution >= 0.6 is 0 Å². The number of nitrogens with one attached hydrogen (secondary N) is 1. The maximum absolute atomic E-state index is 9.27. The summed E-state index contributed by atoms with van der Waals surface area (Å²) >= 11 is 0. The fourth-order valence-electron chi connectivity index (χ4n) is 2.16. The van der Waals surface area contributed by atoms with Crippen LogP contribution in [0.1, 0.15) is 58.4 Å². The molecule has 0 saturated heterocycles. The number of hydrogen-bond donors (Lipinski definition) is 1. The number of benzene rings is 1. The zero-order valence-corrected chi connectivity index (χ0v) is 13.8. The lowest BCUT2D eigenvalue weighted by atomic mass is 9.98. The third-order valence-electron chi connectivity index (χ3n) is 3.63. The summed E-state index contributed by atoms with van der Waals surface area (Å²) < 4.78 is 5.80. The van der Waals surface area contributed by atoms with Crippen molar-refractivity contribution in [2.45, 2.75) is 58.4 Å². The second-order valence-electron chi connectivity index (χ2n) is 6.05. The van der Waals surface area contributed by atoms with Gasteiger partial charge in [-0.3, -0.25) is 5.32 Å². The summed E-state index contributed by atoms with van der Waals surface area (Å²) in [6.45, 7) is 9.94. The summed E-state index contributed by atoms with van der Waals surface area (Å²) in [5.74, 6) is 1.43. The summed E-state index contributed by atoms with van der Waals surface area (Å²) in [4.78, 5) is 0. The van der Waals surface area contributed by atoms with E-state index in [1.165, 1.54) is 5.56 Å². The maximum Gasteiger partial charge on any atom is 0.119 e. The van der Waals surface area contributed by atoms with Gasteiger partial charge in [0.1, 0.15) is 11.3 Å². The minimum Gasteiger partial charge on any atom is -0.494 e. The summed E-state index contributed by atoms with van der Waals surface area (Å²) in [5, 5.41) is 12.6. The first kappa shape index (κ1) is 17.5. The van der Waals surface area contributed by atoms with Crippen molar-refractivity contribution < 1.29 is 4.74 Å². The lowest BCUT2D eigenvalue weighted by Crippen LogP contribution is -2.41. The number of hydrogen-bond acceptors (Lipinski definition) is 3. The van der Waals surface area contributed by atoms with Crippen LogP contribution in [0, 0.1) is 11.3 Å². The van der Waals surface area contributed by atoms with Gasteiger partial charge in [-0.05, 0) is 56.3 Å². The van der Waals surface area contributed by atoms with Crippen LogP contribution in [-0.2, 0) is 0 Å². The molecule has 116 valence electrons. The van der Waals surface area contributed by atoms with Crippen molar-refractivity contribution in [2.75, 3.05) is 13.2 Å². The molecular weight excluding hydrogens is 260 g/mol. The van der Waals surface area contributed by atoms with Crippen molar-refractivity contribution in [3.63, 3.8) is 0 Å². The summed E-state index contributed by atoms with van der Waals surface area (Å²) in [5.41, 5.74) is 0.845. The fraction of sp³-hybridized carbons (Fsp3) is 0.611. The molecule has 0 spiro atoms. The highest BCUT2D eigenvalue weighted by atomic mass is 16.5. The van der Waals surface area contributed by atoms with Crippen molar-refractivity contribution in [1.82, 2.24) is 5.32 Å². The van der Waals surface area contributed by atoms with E-state index in [2.05, 4.69) is 44.3 Å². The molecule has 1 rings (SSSR count).